The molecule has 0 unspecified atom stereocenters. The van der Waals surface area contributed by atoms with Crippen LogP contribution < -0.4 is 5.32 Å². The quantitative estimate of drug-likeness (QED) is 0.820. The van der Waals surface area contributed by atoms with Crippen molar-refractivity contribution >= 4 is 37.8 Å². The van der Waals surface area contributed by atoms with Crippen LogP contribution in [0.15, 0.2) is 45.5 Å². The molecule has 1 aliphatic carbocycles. The minimum atomic E-state index is -0.0254. The smallest absolute Gasteiger partial charge is 0.268 e. The third-order valence-corrected chi connectivity index (χ3v) is 4.26. The first-order chi connectivity index (χ1) is 9.63. The minimum Gasteiger partial charge on any atom is -0.347 e. The van der Waals surface area contributed by atoms with E-state index in [-0.39, 0.29) is 5.91 Å². The molecule has 0 radical (unpaired) electrons. The number of hydrogen-bond acceptors (Lipinski definition) is 1. The fourth-order valence-corrected chi connectivity index (χ4v) is 3.09. The Morgan fingerprint density at radius 1 is 1.25 bits per heavy atom. The first-order valence-electron chi connectivity index (χ1n) is 6.53. The molecule has 1 heterocycles. The van der Waals surface area contributed by atoms with Gasteiger partial charge in [0.25, 0.3) is 5.91 Å². The molecule has 0 spiro atoms. The van der Waals surface area contributed by atoms with Crippen LogP contribution in [0.4, 0.5) is 0 Å². The number of carbonyl (C=O) groups excluding carboxylic acids is 1. The molecule has 0 saturated heterocycles. The second-order valence-electron chi connectivity index (χ2n) is 4.99. The average Bonchev–Trinajstić information content (AvgIpc) is 3.19. The standard InChI is InChI=1S/C15H14Br2N2O/c16-11-3-1-2-10(6-11)8-18-15(20)14-7-12(17)9-19(14)13-4-5-13/h1-3,6-7,9,13H,4-5,8H2,(H,18,20). The molecule has 1 saturated carbocycles. The molecule has 0 bridgehead atoms. The Kier molecular flexibility index (Phi) is 3.98. The van der Waals surface area contributed by atoms with Gasteiger partial charge in [0.15, 0.2) is 0 Å². The Morgan fingerprint density at radius 2 is 2.05 bits per heavy atom. The third kappa shape index (κ3) is 3.15. The number of carbonyl (C=O) groups is 1. The number of nitrogens with zero attached hydrogens (tertiary/aromatic N) is 1. The number of amides is 1. The maximum absolute atomic E-state index is 12.3. The van der Waals surface area contributed by atoms with E-state index in [0.717, 1.165) is 33.0 Å². The second-order valence-corrected chi connectivity index (χ2v) is 6.83. The molecular weight excluding hydrogens is 384 g/mol. The summed E-state index contributed by atoms with van der Waals surface area (Å²) >= 11 is 6.88. The summed E-state index contributed by atoms with van der Waals surface area (Å²) in [5, 5.41) is 2.98. The summed E-state index contributed by atoms with van der Waals surface area (Å²) in [4.78, 5) is 12.3. The van der Waals surface area contributed by atoms with Gasteiger partial charge in [0.2, 0.25) is 0 Å². The summed E-state index contributed by atoms with van der Waals surface area (Å²) in [6.45, 7) is 0.533. The van der Waals surface area contributed by atoms with E-state index >= 15 is 0 Å². The summed E-state index contributed by atoms with van der Waals surface area (Å²) in [6, 6.07) is 10.3. The van der Waals surface area contributed by atoms with Crippen LogP contribution in [0.25, 0.3) is 0 Å². The van der Waals surface area contributed by atoms with Crippen molar-refractivity contribution < 1.29 is 4.79 Å². The third-order valence-electron chi connectivity index (χ3n) is 3.33. The van der Waals surface area contributed by atoms with Crippen molar-refractivity contribution in [2.45, 2.75) is 25.4 Å². The SMILES string of the molecule is O=C(NCc1cccc(Br)c1)c1cc(Br)cn1C1CC1. The van der Waals surface area contributed by atoms with Crippen LogP contribution in [0.2, 0.25) is 0 Å². The number of aromatic nitrogens is 1. The summed E-state index contributed by atoms with van der Waals surface area (Å²) in [5.74, 6) is -0.0254. The van der Waals surface area contributed by atoms with Crippen LogP contribution in [-0.2, 0) is 6.54 Å². The highest BCUT2D eigenvalue weighted by molar-refractivity contribution is 9.10. The van der Waals surface area contributed by atoms with E-state index in [1.54, 1.807) is 0 Å². The van der Waals surface area contributed by atoms with Gasteiger partial charge in [-0.2, -0.15) is 0 Å². The van der Waals surface area contributed by atoms with Crippen molar-refractivity contribution in [3.63, 3.8) is 0 Å². The molecule has 1 fully saturated rings. The molecule has 1 aliphatic rings. The highest BCUT2D eigenvalue weighted by Gasteiger charge is 2.27. The van der Waals surface area contributed by atoms with Gasteiger partial charge in [-0.25, -0.2) is 0 Å². The predicted octanol–water partition coefficient (Wildman–Crippen LogP) is 4.28. The van der Waals surface area contributed by atoms with Crippen LogP contribution >= 0.6 is 31.9 Å². The normalized spacial score (nSPS) is 14.3. The lowest BCUT2D eigenvalue weighted by Crippen LogP contribution is -2.25. The Hall–Kier alpha value is -1.07. The van der Waals surface area contributed by atoms with Gasteiger partial charge in [0.1, 0.15) is 5.69 Å². The van der Waals surface area contributed by atoms with Crippen molar-refractivity contribution in [2.75, 3.05) is 0 Å². The zero-order valence-electron chi connectivity index (χ0n) is 10.8. The molecule has 0 atom stereocenters. The van der Waals surface area contributed by atoms with Gasteiger partial charge in [-0.05, 0) is 52.5 Å². The topological polar surface area (TPSA) is 34.0 Å². The number of rotatable bonds is 4. The van der Waals surface area contributed by atoms with E-state index in [1.165, 1.54) is 0 Å². The van der Waals surface area contributed by atoms with Gasteiger partial charge in [-0.3, -0.25) is 4.79 Å². The van der Waals surface area contributed by atoms with Crippen LogP contribution in [0.5, 0.6) is 0 Å². The van der Waals surface area contributed by atoms with Crippen molar-refractivity contribution in [1.82, 2.24) is 9.88 Å². The number of halogens is 2. The van der Waals surface area contributed by atoms with Gasteiger partial charge in [-0.15, -0.1) is 0 Å². The molecule has 1 N–H and O–H groups in total. The lowest BCUT2D eigenvalue weighted by molar-refractivity contribution is 0.0941. The van der Waals surface area contributed by atoms with Crippen LogP contribution in [0, 0.1) is 0 Å². The Balaban J connectivity index is 1.70. The highest BCUT2D eigenvalue weighted by Crippen LogP contribution is 2.37. The molecule has 3 rings (SSSR count). The van der Waals surface area contributed by atoms with E-state index in [9.17, 15) is 4.79 Å². The molecule has 5 heteroatoms. The van der Waals surface area contributed by atoms with Crippen molar-refractivity contribution in [2.24, 2.45) is 0 Å². The Morgan fingerprint density at radius 3 is 2.75 bits per heavy atom. The number of benzene rings is 1. The predicted molar refractivity (Wildman–Crippen MR) is 85.7 cm³/mol. The van der Waals surface area contributed by atoms with Gasteiger partial charge in [0, 0.05) is 27.7 Å². The zero-order chi connectivity index (χ0) is 14.1. The average molecular weight is 398 g/mol. The monoisotopic (exact) mass is 396 g/mol. The van der Waals surface area contributed by atoms with Gasteiger partial charge in [0.05, 0.1) is 0 Å². The molecule has 1 aromatic carbocycles. The van der Waals surface area contributed by atoms with Gasteiger partial charge >= 0.3 is 0 Å². The first-order valence-corrected chi connectivity index (χ1v) is 8.12. The van der Waals surface area contributed by atoms with Crippen LogP contribution in [-0.4, -0.2) is 10.5 Å². The van der Waals surface area contributed by atoms with Crippen LogP contribution in [0.1, 0.15) is 34.9 Å². The fraction of sp³-hybridized carbons (Fsp3) is 0.267. The Labute approximate surface area is 134 Å². The van der Waals surface area contributed by atoms with E-state index in [1.807, 2.05) is 36.5 Å². The first kappa shape index (κ1) is 13.9. The van der Waals surface area contributed by atoms with Crippen molar-refractivity contribution in [1.29, 1.82) is 0 Å². The van der Waals surface area contributed by atoms with E-state index in [0.29, 0.717) is 12.6 Å². The van der Waals surface area contributed by atoms with E-state index < -0.39 is 0 Å². The number of nitrogens with one attached hydrogen (secondary N) is 1. The zero-order valence-corrected chi connectivity index (χ0v) is 13.9. The summed E-state index contributed by atoms with van der Waals surface area (Å²) in [6.07, 6.45) is 4.31. The highest BCUT2D eigenvalue weighted by atomic mass is 79.9. The molecule has 2 aromatic rings. The molecule has 20 heavy (non-hydrogen) atoms. The summed E-state index contributed by atoms with van der Waals surface area (Å²) in [5.41, 5.74) is 1.81. The van der Waals surface area contributed by atoms with Gasteiger partial charge < -0.3 is 9.88 Å². The van der Waals surface area contributed by atoms with E-state index in [4.69, 9.17) is 0 Å². The summed E-state index contributed by atoms with van der Waals surface area (Å²) in [7, 11) is 0. The molecule has 3 nitrogen and oxygen atoms in total. The molecular formula is C15H14Br2N2O. The largest absolute Gasteiger partial charge is 0.347 e. The lowest BCUT2D eigenvalue weighted by Gasteiger charge is -2.09. The van der Waals surface area contributed by atoms with E-state index in [2.05, 4.69) is 41.7 Å². The second kappa shape index (κ2) is 5.74. The maximum Gasteiger partial charge on any atom is 0.268 e. The lowest BCUT2D eigenvalue weighted by atomic mass is 10.2. The van der Waals surface area contributed by atoms with Crippen molar-refractivity contribution in [3.8, 4) is 0 Å². The summed E-state index contributed by atoms with van der Waals surface area (Å²) < 4.78 is 4.05. The molecule has 0 aliphatic heterocycles. The van der Waals surface area contributed by atoms with Crippen molar-refractivity contribution in [3.05, 3.63) is 56.7 Å². The molecule has 1 amide bonds. The van der Waals surface area contributed by atoms with Gasteiger partial charge in [-0.1, -0.05) is 28.1 Å². The molecule has 1 aromatic heterocycles. The van der Waals surface area contributed by atoms with Crippen LogP contribution in [0.3, 0.4) is 0 Å². The molecule has 104 valence electrons. The Bertz CT molecular complexity index is 647. The number of hydrogen-bond donors (Lipinski definition) is 1. The fourth-order valence-electron chi connectivity index (χ4n) is 2.20. The maximum atomic E-state index is 12.3. The minimum absolute atomic E-state index is 0.0254.